The van der Waals surface area contributed by atoms with Crippen LogP contribution in [-0.2, 0) is 14.8 Å². The van der Waals surface area contributed by atoms with Gasteiger partial charge in [-0.05, 0) is 49.9 Å². The van der Waals surface area contributed by atoms with Crippen LogP contribution in [0.5, 0.6) is 0 Å². The minimum Gasteiger partial charge on any atom is -0.378 e. The van der Waals surface area contributed by atoms with Crippen molar-refractivity contribution in [3.05, 3.63) is 29.3 Å². The van der Waals surface area contributed by atoms with Crippen molar-refractivity contribution in [3.63, 3.8) is 0 Å². The molecule has 1 saturated heterocycles. The normalized spacial score (nSPS) is 18.9. The van der Waals surface area contributed by atoms with Gasteiger partial charge in [0.1, 0.15) is 0 Å². The lowest BCUT2D eigenvalue weighted by molar-refractivity contribution is 0.105. The third-order valence-electron chi connectivity index (χ3n) is 3.41. The molecule has 1 aliphatic heterocycles. The molecule has 20 heavy (non-hydrogen) atoms. The van der Waals surface area contributed by atoms with Gasteiger partial charge in [-0.3, -0.25) is 0 Å². The van der Waals surface area contributed by atoms with Crippen molar-refractivity contribution in [2.45, 2.75) is 37.2 Å². The summed E-state index contributed by atoms with van der Waals surface area (Å²) in [6.45, 7) is 2.86. The number of sulfonamides is 1. The molecule has 0 aliphatic carbocycles. The van der Waals surface area contributed by atoms with Crippen LogP contribution in [0, 0.1) is 18.3 Å². The van der Waals surface area contributed by atoms with Crippen molar-refractivity contribution in [3.8, 4) is 6.07 Å². The molecule has 1 N–H and O–H groups in total. The molecule has 1 unspecified atom stereocenters. The van der Waals surface area contributed by atoms with Gasteiger partial charge in [0.05, 0.1) is 22.6 Å². The van der Waals surface area contributed by atoms with Gasteiger partial charge in [0.15, 0.2) is 0 Å². The predicted octanol–water partition coefficient (Wildman–Crippen LogP) is 1.71. The zero-order valence-corrected chi connectivity index (χ0v) is 12.2. The molecule has 6 heteroatoms. The van der Waals surface area contributed by atoms with E-state index in [0.29, 0.717) is 24.1 Å². The fourth-order valence-electron chi connectivity index (χ4n) is 2.24. The Bertz CT molecular complexity index is 614. The van der Waals surface area contributed by atoms with Gasteiger partial charge in [-0.2, -0.15) is 5.26 Å². The number of rotatable bonds is 5. The summed E-state index contributed by atoms with van der Waals surface area (Å²) in [4.78, 5) is 0.196. The summed E-state index contributed by atoms with van der Waals surface area (Å²) >= 11 is 0. The second kappa shape index (κ2) is 6.35. The van der Waals surface area contributed by atoms with Gasteiger partial charge in [0.25, 0.3) is 0 Å². The summed E-state index contributed by atoms with van der Waals surface area (Å²) < 4.78 is 32.3. The van der Waals surface area contributed by atoms with Gasteiger partial charge in [-0.15, -0.1) is 0 Å². The standard InChI is InChI=1S/C14H18N2O3S/c1-11-9-14(5-4-12(11)10-15)20(17,18)16-7-6-13-3-2-8-19-13/h4-5,9,13,16H,2-3,6-8H2,1H3. The molecule has 1 aromatic rings. The Morgan fingerprint density at radius 1 is 1.50 bits per heavy atom. The van der Waals surface area contributed by atoms with Gasteiger partial charge in [0, 0.05) is 13.2 Å². The molecular weight excluding hydrogens is 276 g/mol. The van der Waals surface area contributed by atoms with Crippen molar-refractivity contribution < 1.29 is 13.2 Å². The summed E-state index contributed by atoms with van der Waals surface area (Å²) in [5.74, 6) is 0. The number of nitriles is 1. The van der Waals surface area contributed by atoms with Crippen molar-refractivity contribution in [1.82, 2.24) is 4.72 Å². The van der Waals surface area contributed by atoms with E-state index in [1.165, 1.54) is 18.2 Å². The van der Waals surface area contributed by atoms with Gasteiger partial charge in [0.2, 0.25) is 10.0 Å². The fraction of sp³-hybridized carbons (Fsp3) is 0.500. The molecule has 1 aliphatic rings. The fourth-order valence-corrected chi connectivity index (χ4v) is 3.37. The van der Waals surface area contributed by atoms with E-state index in [1.54, 1.807) is 6.92 Å². The molecule has 5 nitrogen and oxygen atoms in total. The second-order valence-electron chi connectivity index (χ2n) is 4.91. The first-order valence-electron chi connectivity index (χ1n) is 6.65. The van der Waals surface area contributed by atoms with Gasteiger partial charge >= 0.3 is 0 Å². The van der Waals surface area contributed by atoms with Crippen LogP contribution in [0.25, 0.3) is 0 Å². The third-order valence-corrected chi connectivity index (χ3v) is 4.87. The Balaban J connectivity index is 1.99. The zero-order valence-electron chi connectivity index (χ0n) is 11.4. The number of nitrogens with zero attached hydrogens (tertiary/aromatic N) is 1. The molecule has 108 valence electrons. The van der Waals surface area contributed by atoms with Crippen molar-refractivity contribution in [2.24, 2.45) is 0 Å². The highest BCUT2D eigenvalue weighted by Gasteiger charge is 2.18. The Morgan fingerprint density at radius 3 is 2.90 bits per heavy atom. The molecule has 1 fully saturated rings. The number of ether oxygens (including phenoxy) is 1. The number of aryl methyl sites for hydroxylation is 1. The first-order chi connectivity index (χ1) is 9.53. The summed E-state index contributed by atoms with van der Waals surface area (Å²) in [7, 11) is -3.51. The Morgan fingerprint density at radius 2 is 2.30 bits per heavy atom. The molecule has 1 aromatic carbocycles. The van der Waals surface area contributed by atoms with Crippen LogP contribution in [0.4, 0.5) is 0 Å². The summed E-state index contributed by atoms with van der Waals surface area (Å²) in [5.41, 5.74) is 1.15. The third kappa shape index (κ3) is 3.57. The molecule has 0 amide bonds. The summed E-state index contributed by atoms with van der Waals surface area (Å²) in [6, 6.07) is 6.53. The first kappa shape index (κ1) is 15.0. The lowest BCUT2D eigenvalue weighted by Gasteiger charge is -2.11. The molecular formula is C14H18N2O3S. The maximum atomic E-state index is 12.1. The van der Waals surface area contributed by atoms with Gasteiger partial charge < -0.3 is 4.74 Å². The number of hydrogen-bond donors (Lipinski definition) is 1. The highest BCUT2D eigenvalue weighted by atomic mass is 32.2. The maximum Gasteiger partial charge on any atom is 0.240 e. The smallest absolute Gasteiger partial charge is 0.240 e. The van der Waals surface area contributed by atoms with E-state index < -0.39 is 10.0 Å². The van der Waals surface area contributed by atoms with Crippen molar-refractivity contribution in [2.75, 3.05) is 13.2 Å². The number of nitrogens with one attached hydrogen (secondary N) is 1. The van der Waals surface area contributed by atoms with Crippen LogP contribution in [0.1, 0.15) is 30.4 Å². The molecule has 2 rings (SSSR count). The van der Waals surface area contributed by atoms with Crippen LogP contribution in [0.2, 0.25) is 0 Å². The second-order valence-corrected chi connectivity index (χ2v) is 6.68. The lowest BCUT2D eigenvalue weighted by Crippen LogP contribution is -2.27. The van der Waals surface area contributed by atoms with E-state index in [9.17, 15) is 8.42 Å². The number of benzene rings is 1. The van der Waals surface area contributed by atoms with Crippen molar-refractivity contribution >= 4 is 10.0 Å². The predicted molar refractivity (Wildman–Crippen MR) is 74.7 cm³/mol. The summed E-state index contributed by atoms with van der Waals surface area (Å²) in [6.07, 6.45) is 2.90. The Hall–Kier alpha value is -1.42. The van der Waals surface area contributed by atoms with Crippen LogP contribution >= 0.6 is 0 Å². The molecule has 0 bridgehead atoms. The molecule has 0 spiro atoms. The zero-order chi connectivity index (χ0) is 14.6. The quantitative estimate of drug-likeness (QED) is 0.896. The largest absolute Gasteiger partial charge is 0.378 e. The molecule has 0 radical (unpaired) electrons. The average Bonchev–Trinajstić information content (AvgIpc) is 2.91. The Kier molecular flexibility index (Phi) is 4.76. The van der Waals surface area contributed by atoms with Crippen LogP contribution in [0.15, 0.2) is 23.1 Å². The summed E-state index contributed by atoms with van der Waals surface area (Å²) in [5, 5.41) is 8.85. The SMILES string of the molecule is Cc1cc(S(=O)(=O)NCCC2CCCO2)ccc1C#N. The monoisotopic (exact) mass is 294 g/mol. The van der Waals surface area contributed by atoms with Gasteiger partial charge in [-0.1, -0.05) is 0 Å². The van der Waals surface area contributed by atoms with E-state index in [-0.39, 0.29) is 11.0 Å². The maximum absolute atomic E-state index is 12.1. The molecule has 1 atom stereocenters. The molecule has 1 heterocycles. The molecule has 0 aromatic heterocycles. The van der Waals surface area contributed by atoms with Gasteiger partial charge in [-0.25, -0.2) is 13.1 Å². The van der Waals surface area contributed by atoms with E-state index in [1.807, 2.05) is 6.07 Å². The van der Waals surface area contributed by atoms with Crippen LogP contribution in [-0.4, -0.2) is 27.7 Å². The molecule has 0 saturated carbocycles. The van der Waals surface area contributed by atoms with E-state index in [4.69, 9.17) is 10.00 Å². The minimum atomic E-state index is -3.51. The minimum absolute atomic E-state index is 0.167. The lowest BCUT2D eigenvalue weighted by atomic mass is 10.1. The van der Waals surface area contributed by atoms with E-state index in [2.05, 4.69) is 4.72 Å². The average molecular weight is 294 g/mol. The highest BCUT2D eigenvalue weighted by molar-refractivity contribution is 7.89. The highest BCUT2D eigenvalue weighted by Crippen LogP contribution is 2.17. The van der Waals surface area contributed by atoms with E-state index in [0.717, 1.165) is 19.4 Å². The number of hydrogen-bond acceptors (Lipinski definition) is 4. The first-order valence-corrected chi connectivity index (χ1v) is 8.13. The van der Waals surface area contributed by atoms with Crippen LogP contribution < -0.4 is 4.72 Å². The van der Waals surface area contributed by atoms with Crippen molar-refractivity contribution in [1.29, 1.82) is 5.26 Å². The Labute approximate surface area is 119 Å². The van der Waals surface area contributed by atoms with E-state index >= 15 is 0 Å². The van der Waals surface area contributed by atoms with Crippen LogP contribution in [0.3, 0.4) is 0 Å². The topological polar surface area (TPSA) is 79.2 Å².